The van der Waals surface area contributed by atoms with Gasteiger partial charge in [-0.15, -0.1) is 0 Å². The van der Waals surface area contributed by atoms with E-state index in [0.29, 0.717) is 16.8 Å². The standard InChI is InChI=1S/C22H18N2O4/c1-14-12-20(25)24(18-6-3-5-16(13-18)22(27)28)21(26)19(14)7-2-4-15-8-10-17(23)11-9-15/h2-13H,23H2,1H3,(H,27,28)/b4-2?,19-7-. The van der Waals surface area contributed by atoms with Crippen molar-refractivity contribution >= 4 is 35.2 Å². The van der Waals surface area contributed by atoms with Crippen LogP contribution in [0.2, 0.25) is 0 Å². The number of carboxylic acids is 1. The van der Waals surface area contributed by atoms with E-state index in [1.54, 1.807) is 31.2 Å². The molecule has 1 aliphatic heterocycles. The Morgan fingerprint density at radius 3 is 2.50 bits per heavy atom. The van der Waals surface area contributed by atoms with Crippen LogP contribution in [-0.4, -0.2) is 22.9 Å². The molecule has 140 valence electrons. The van der Waals surface area contributed by atoms with Gasteiger partial charge in [-0.05, 0) is 54.5 Å². The molecule has 3 rings (SSSR count). The van der Waals surface area contributed by atoms with Crippen molar-refractivity contribution in [3.05, 3.63) is 89.0 Å². The zero-order valence-corrected chi connectivity index (χ0v) is 15.1. The van der Waals surface area contributed by atoms with Crippen LogP contribution in [0.1, 0.15) is 22.8 Å². The molecule has 3 N–H and O–H groups in total. The number of allylic oxidation sites excluding steroid dienone is 2. The molecule has 0 saturated carbocycles. The summed E-state index contributed by atoms with van der Waals surface area (Å²) in [5.74, 6) is -2.15. The Morgan fingerprint density at radius 2 is 1.82 bits per heavy atom. The van der Waals surface area contributed by atoms with Gasteiger partial charge in [-0.3, -0.25) is 9.59 Å². The van der Waals surface area contributed by atoms with Gasteiger partial charge in [0, 0.05) is 17.3 Å². The maximum Gasteiger partial charge on any atom is 0.335 e. The first kappa shape index (κ1) is 18.8. The SMILES string of the molecule is CC1=CC(=O)N(c2cccc(C(=O)O)c2)C(=O)/C1=C\C=Cc1ccc(N)cc1. The highest BCUT2D eigenvalue weighted by Gasteiger charge is 2.30. The molecule has 6 heteroatoms. The number of rotatable bonds is 4. The highest BCUT2D eigenvalue weighted by molar-refractivity contribution is 6.28. The summed E-state index contributed by atoms with van der Waals surface area (Å²) in [7, 11) is 0. The fraction of sp³-hybridized carbons (Fsp3) is 0.0455. The molecule has 0 spiro atoms. The van der Waals surface area contributed by atoms with Crippen LogP contribution in [0.25, 0.3) is 6.08 Å². The topological polar surface area (TPSA) is 101 Å². The lowest BCUT2D eigenvalue weighted by Gasteiger charge is -2.25. The van der Waals surface area contributed by atoms with E-state index < -0.39 is 17.8 Å². The summed E-state index contributed by atoms with van der Waals surface area (Å²) in [5, 5.41) is 9.15. The molecule has 0 aromatic heterocycles. The zero-order valence-electron chi connectivity index (χ0n) is 15.1. The van der Waals surface area contributed by atoms with Gasteiger partial charge in [0.25, 0.3) is 11.8 Å². The van der Waals surface area contributed by atoms with E-state index in [9.17, 15) is 14.4 Å². The number of anilines is 2. The smallest absolute Gasteiger partial charge is 0.335 e. The van der Waals surface area contributed by atoms with Crippen molar-refractivity contribution in [2.75, 3.05) is 10.6 Å². The van der Waals surface area contributed by atoms with Gasteiger partial charge in [-0.1, -0.05) is 30.4 Å². The maximum atomic E-state index is 12.9. The number of hydrogen-bond donors (Lipinski definition) is 2. The molecule has 0 aliphatic carbocycles. The summed E-state index contributed by atoms with van der Waals surface area (Å²) in [5.41, 5.74) is 8.35. The average molecular weight is 374 g/mol. The summed E-state index contributed by atoms with van der Waals surface area (Å²) in [6.45, 7) is 1.68. The molecule has 1 heterocycles. The Morgan fingerprint density at radius 1 is 1.11 bits per heavy atom. The third-order valence-corrected chi connectivity index (χ3v) is 4.26. The number of carbonyl (C=O) groups is 3. The van der Waals surface area contributed by atoms with Gasteiger partial charge < -0.3 is 10.8 Å². The number of nitrogens with two attached hydrogens (primary N) is 1. The van der Waals surface area contributed by atoms with Crippen molar-refractivity contribution in [1.82, 2.24) is 0 Å². The van der Waals surface area contributed by atoms with Crippen molar-refractivity contribution in [3.63, 3.8) is 0 Å². The monoisotopic (exact) mass is 374 g/mol. The minimum atomic E-state index is -1.13. The minimum Gasteiger partial charge on any atom is -0.478 e. The fourth-order valence-corrected chi connectivity index (χ4v) is 2.80. The van der Waals surface area contributed by atoms with Crippen molar-refractivity contribution in [2.45, 2.75) is 6.92 Å². The van der Waals surface area contributed by atoms with E-state index in [1.807, 2.05) is 18.2 Å². The van der Waals surface area contributed by atoms with E-state index in [4.69, 9.17) is 10.8 Å². The lowest BCUT2D eigenvalue weighted by Crippen LogP contribution is -2.40. The van der Waals surface area contributed by atoms with Crippen LogP contribution < -0.4 is 10.6 Å². The molecule has 0 fully saturated rings. The second-order valence-electron chi connectivity index (χ2n) is 6.27. The summed E-state index contributed by atoms with van der Waals surface area (Å²) in [6.07, 6.45) is 6.53. The molecular formula is C22H18N2O4. The zero-order chi connectivity index (χ0) is 20.3. The van der Waals surface area contributed by atoms with Gasteiger partial charge in [0.15, 0.2) is 0 Å². The number of imide groups is 1. The van der Waals surface area contributed by atoms with Gasteiger partial charge in [-0.25, -0.2) is 9.69 Å². The van der Waals surface area contributed by atoms with Gasteiger partial charge in [0.05, 0.1) is 11.3 Å². The molecule has 0 radical (unpaired) electrons. The Kier molecular flexibility index (Phi) is 5.22. The predicted octanol–water partition coefficient (Wildman–Crippen LogP) is 3.43. The quantitative estimate of drug-likeness (QED) is 0.485. The first-order chi connectivity index (χ1) is 13.4. The molecule has 2 aromatic rings. The molecular weight excluding hydrogens is 356 g/mol. The van der Waals surface area contributed by atoms with E-state index in [0.717, 1.165) is 10.5 Å². The molecule has 2 aromatic carbocycles. The lowest BCUT2D eigenvalue weighted by molar-refractivity contribution is -0.122. The Bertz CT molecular complexity index is 1050. The number of nitrogens with zero attached hydrogens (tertiary/aromatic N) is 1. The van der Waals surface area contributed by atoms with Gasteiger partial charge in [0.2, 0.25) is 0 Å². The molecule has 0 atom stereocenters. The summed E-state index contributed by atoms with van der Waals surface area (Å²) < 4.78 is 0. The molecule has 0 bridgehead atoms. The van der Waals surface area contributed by atoms with Crippen LogP contribution in [0.5, 0.6) is 0 Å². The molecule has 0 unspecified atom stereocenters. The predicted molar refractivity (Wildman–Crippen MR) is 108 cm³/mol. The largest absolute Gasteiger partial charge is 0.478 e. The number of nitrogen functional groups attached to an aromatic ring is 1. The number of carbonyl (C=O) groups excluding carboxylic acids is 2. The highest BCUT2D eigenvalue weighted by atomic mass is 16.4. The number of aromatic carboxylic acids is 1. The Balaban J connectivity index is 1.93. The fourth-order valence-electron chi connectivity index (χ4n) is 2.80. The number of hydrogen-bond acceptors (Lipinski definition) is 4. The van der Waals surface area contributed by atoms with Crippen LogP contribution in [0, 0.1) is 0 Å². The van der Waals surface area contributed by atoms with Crippen LogP contribution >= 0.6 is 0 Å². The van der Waals surface area contributed by atoms with Crippen LogP contribution in [-0.2, 0) is 9.59 Å². The first-order valence-corrected chi connectivity index (χ1v) is 8.51. The highest BCUT2D eigenvalue weighted by Crippen LogP contribution is 2.26. The lowest BCUT2D eigenvalue weighted by atomic mass is 10.00. The van der Waals surface area contributed by atoms with Gasteiger partial charge in [-0.2, -0.15) is 0 Å². The number of benzene rings is 2. The summed E-state index contributed by atoms with van der Waals surface area (Å²) >= 11 is 0. The van der Waals surface area contributed by atoms with E-state index >= 15 is 0 Å². The molecule has 0 saturated heterocycles. The van der Waals surface area contributed by atoms with Crippen molar-refractivity contribution in [1.29, 1.82) is 0 Å². The van der Waals surface area contributed by atoms with Crippen LogP contribution in [0.15, 0.2) is 77.9 Å². The second kappa shape index (κ2) is 7.75. The maximum absolute atomic E-state index is 12.9. The van der Waals surface area contributed by atoms with Crippen molar-refractivity contribution < 1.29 is 19.5 Å². The van der Waals surface area contributed by atoms with Crippen molar-refractivity contribution in [2.24, 2.45) is 0 Å². The van der Waals surface area contributed by atoms with Gasteiger partial charge in [0.1, 0.15) is 0 Å². The molecule has 1 aliphatic rings. The Labute approximate surface area is 161 Å². The van der Waals surface area contributed by atoms with Gasteiger partial charge >= 0.3 is 5.97 Å². The molecule has 28 heavy (non-hydrogen) atoms. The average Bonchev–Trinajstić information content (AvgIpc) is 2.66. The third-order valence-electron chi connectivity index (χ3n) is 4.26. The van der Waals surface area contributed by atoms with E-state index in [2.05, 4.69) is 0 Å². The minimum absolute atomic E-state index is 0.00171. The molecule has 2 amide bonds. The van der Waals surface area contributed by atoms with E-state index in [-0.39, 0.29) is 11.3 Å². The second-order valence-corrected chi connectivity index (χ2v) is 6.27. The van der Waals surface area contributed by atoms with Crippen LogP contribution in [0.3, 0.4) is 0 Å². The summed E-state index contributed by atoms with van der Waals surface area (Å²) in [4.78, 5) is 37.5. The number of amides is 2. The van der Waals surface area contributed by atoms with E-state index in [1.165, 1.54) is 30.3 Å². The molecule has 6 nitrogen and oxygen atoms in total. The first-order valence-electron chi connectivity index (χ1n) is 8.51. The normalized spacial score (nSPS) is 16.0. The van der Waals surface area contributed by atoms with Crippen molar-refractivity contribution in [3.8, 4) is 0 Å². The Hall–Kier alpha value is -3.93. The number of carboxylic acid groups (broad SMARTS) is 1. The van der Waals surface area contributed by atoms with Crippen LogP contribution in [0.4, 0.5) is 11.4 Å². The third kappa shape index (κ3) is 3.91. The summed E-state index contributed by atoms with van der Waals surface area (Å²) in [6, 6.07) is 13.0.